The van der Waals surface area contributed by atoms with Gasteiger partial charge in [0.05, 0.1) is 0 Å². The summed E-state index contributed by atoms with van der Waals surface area (Å²) in [7, 11) is 0. The van der Waals surface area contributed by atoms with Crippen LogP contribution in [-0.4, -0.2) is 6.54 Å². The molecule has 0 aliphatic carbocycles. The second-order valence-corrected chi connectivity index (χ2v) is 4.55. The maximum atomic E-state index is 5.67. The molecule has 0 spiro atoms. The Hall–Kier alpha value is -0.600. The van der Waals surface area contributed by atoms with Gasteiger partial charge in [0.15, 0.2) is 0 Å². The average Bonchev–Trinajstić information content (AvgIpc) is 2.16. The summed E-state index contributed by atoms with van der Waals surface area (Å²) in [5.74, 6) is 0.517. The lowest BCUT2D eigenvalue weighted by Gasteiger charge is -2.08. The molecule has 0 heterocycles. The predicted molar refractivity (Wildman–Crippen MR) is 66.0 cm³/mol. The molecule has 1 aromatic rings. The molecule has 2 heteroatoms. The molecule has 76 valence electrons. The number of halogens is 1. The minimum atomic E-state index is 0.517. The Morgan fingerprint density at radius 3 is 2.36 bits per heavy atom. The molecule has 0 fully saturated rings. The molecule has 0 unspecified atom stereocenters. The van der Waals surface area contributed by atoms with E-state index in [2.05, 4.69) is 48.0 Å². The van der Waals surface area contributed by atoms with Crippen LogP contribution in [0.1, 0.15) is 19.4 Å². The van der Waals surface area contributed by atoms with Crippen LogP contribution in [0.25, 0.3) is 6.08 Å². The van der Waals surface area contributed by atoms with E-state index in [4.69, 9.17) is 5.73 Å². The van der Waals surface area contributed by atoms with Gasteiger partial charge in [-0.2, -0.15) is 0 Å². The molecule has 0 saturated heterocycles. The molecule has 1 aromatic carbocycles. The minimum Gasteiger partial charge on any atom is -0.327 e. The normalized spacial score (nSPS) is 12.2. The minimum absolute atomic E-state index is 0.517. The van der Waals surface area contributed by atoms with Crippen LogP contribution >= 0.6 is 15.9 Å². The highest BCUT2D eigenvalue weighted by atomic mass is 79.9. The molecule has 0 atom stereocenters. The van der Waals surface area contributed by atoms with Crippen molar-refractivity contribution in [2.24, 2.45) is 11.7 Å². The molecule has 1 rings (SSSR count). The van der Waals surface area contributed by atoms with E-state index in [1.807, 2.05) is 12.1 Å². The first-order valence-corrected chi connectivity index (χ1v) is 5.59. The van der Waals surface area contributed by atoms with Gasteiger partial charge in [0.25, 0.3) is 0 Å². The van der Waals surface area contributed by atoms with E-state index >= 15 is 0 Å². The second-order valence-electron chi connectivity index (χ2n) is 3.63. The summed E-state index contributed by atoms with van der Waals surface area (Å²) in [5.41, 5.74) is 8.17. The summed E-state index contributed by atoms with van der Waals surface area (Å²) in [6.07, 6.45) is 2.16. The first kappa shape index (κ1) is 11.5. The zero-order valence-corrected chi connectivity index (χ0v) is 10.2. The molecule has 0 aliphatic heterocycles. The number of benzene rings is 1. The molecular weight excluding hydrogens is 238 g/mol. The molecule has 0 aromatic heterocycles. The van der Waals surface area contributed by atoms with Crippen molar-refractivity contribution in [2.45, 2.75) is 13.8 Å². The topological polar surface area (TPSA) is 26.0 Å². The van der Waals surface area contributed by atoms with Crippen molar-refractivity contribution in [2.75, 3.05) is 6.54 Å². The first-order chi connectivity index (χ1) is 6.63. The van der Waals surface area contributed by atoms with Gasteiger partial charge in [-0.1, -0.05) is 53.6 Å². The molecule has 14 heavy (non-hydrogen) atoms. The van der Waals surface area contributed by atoms with Gasteiger partial charge in [0, 0.05) is 11.0 Å². The molecule has 0 bridgehead atoms. The van der Waals surface area contributed by atoms with Gasteiger partial charge in [-0.3, -0.25) is 0 Å². The number of nitrogens with two attached hydrogens (primary N) is 1. The summed E-state index contributed by atoms with van der Waals surface area (Å²) in [6.45, 7) is 4.96. The maximum absolute atomic E-state index is 5.67. The molecule has 0 radical (unpaired) electrons. The van der Waals surface area contributed by atoms with Crippen LogP contribution in [0.3, 0.4) is 0 Å². The lowest BCUT2D eigenvalue weighted by molar-refractivity contribution is 0.753. The van der Waals surface area contributed by atoms with Gasteiger partial charge in [-0.25, -0.2) is 0 Å². The summed E-state index contributed by atoms with van der Waals surface area (Å²) in [5, 5.41) is 0. The third-order valence-corrected chi connectivity index (χ3v) is 2.73. The smallest absolute Gasteiger partial charge is 0.0175 e. The average molecular weight is 254 g/mol. The fraction of sp³-hybridized carbons (Fsp3) is 0.333. The first-order valence-electron chi connectivity index (χ1n) is 4.79. The largest absolute Gasteiger partial charge is 0.327 e. The van der Waals surface area contributed by atoms with Gasteiger partial charge in [-0.15, -0.1) is 0 Å². The Morgan fingerprint density at radius 2 is 1.93 bits per heavy atom. The molecule has 0 amide bonds. The van der Waals surface area contributed by atoms with E-state index in [-0.39, 0.29) is 0 Å². The van der Waals surface area contributed by atoms with Gasteiger partial charge in [-0.05, 0) is 23.6 Å². The van der Waals surface area contributed by atoms with Crippen LogP contribution in [-0.2, 0) is 0 Å². The van der Waals surface area contributed by atoms with E-state index in [1.54, 1.807) is 0 Å². The van der Waals surface area contributed by atoms with E-state index < -0.39 is 0 Å². The number of rotatable bonds is 3. The molecule has 2 N–H and O–H groups in total. The van der Waals surface area contributed by atoms with E-state index in [1.165, 1.54) is 11.1 Å². The highest BCUT2D eigenvalue weighted by Gasteiger charge is 2.00. The summed E-state index contributed by atoms with van der Waals surface area (Å²) >= 11 is 3.41. The monoisotopic (exact) mass is 253 g/mol. The fourth-order valence-corrected chi connectivity index (χ4v) is 1.50. The number of hydrogen-bond acceptors (Lipinski definition) is 1. The summed E-state index contributed by atoms with van der Waals surface area (Å²) in [6, 6.07) is 8.25. The third-order valence-electron chi connectivity index (χ3n) is 2.20. The fourth-order valence-electron chi connectivity index (χ4n) is 1.23. The van der Waals surface area contributed by atoms with Crippen molar-refractivity contribution in [3.05, 3.63) is 39.9 Å². The standard InChI is InChI=1S/C12H16BrN/c1-9(2)11(8-14)7-10-3-5-12(13)6-4-10/h3-7,9H,8,14H2,1-2H3/b11-7+. The van der Waals surface area contributed by atoms with E-state index in [0.29, 0.717) is 12.5 Å². The maximum Gasteiger partial charge on any atom is 0.0175 e. The molecular formula is C12H16BrN. The lowest BCUT2D eigenvalue weighted by Crippen LogP contribution is -2.08. The number of hydrogen-bond donors (Lipinski definition) is 1. The Morgan fingerprint density at radius 1 is 1.36 bits per heavy atom. The summed E-state index contributed by atoms with van der Waals surface area (Å²) in [4.78, 5) is 0. The summed E-state index contributed by atoms with van der Waals surface area (Å²) < 4.78 is 1.11. The van der Waals surface area contributed by atoms with E-state index in [9.17, 15) is 0 Å². The lowest BCUT2D eigenvalue weighted by atomic mass is 10.0. The predicted octanol–water partition coefficient (Wildman–Crippen LogP) is 3.45. The third kappa shape index (κ3) is 3.28. The van der Waals surface area contributed by atoms with Crippen molar-refractivity contribution in [1.29, 1.82) is 0 Å². The van der Waals surface area contributed by atoms with Gasteiger partial charge >= 0.3 is 0 Å². The van der Waals surface area contributed by atoms with Crippen molar-refractivity contribution in [1.82, 2.24) is 0 Å². The molecule has 0 aliphatic rings. The second kappa shape index (κ2) is 5.32. The van der Waals surface area contributed by atoms with Crippen molar-refractivity contribution < 1.29 is 0 Å². The zero-order valence-electron chi connectivity index (χ0n) is 8.63. The Labute approximate surface area is 94.1 Å². The van der Waals surface area contributed by atoms with Crippen LogP contribution in [0, 0.1) is 5.92 Å². The Bertz CT molecular complexity index is 312. The Kier molecular flexibility index (Phi) is 4.36. The Balaban J connectivity index is 2.89. The zero-order chi connectivity index (χ0) is 10.6. The SMILES string of the molecule is CC(C)/C(=C/c1ccc(Br)cc1)CN. The van der Waals surface area contributed by atoms with Crippen molar-refractivity contribution >= 4 is 22.0 Å². The molecule has 1 nitrogen and oxygen atoms in total. The van der Waals surface area contributed by atoms with E-state index in [0.717, 1.165) is 4.47 Å². The van der Waals surface area contributed by atoms with Gasteiger partial charge in [0.1, 0.15) is 0 Å². The van der Waals surface area contributed by atoms with Crippen LogP contribution in [0.5, 0.6) is 0 Å². The highest BCUT2D eigenvalue weighted by molar-refractivity contribution is 9.10. The quantitative estimate of drug-likeness (QED) is 0.878. The van der Waals surface area contributed by atoms with Crippen LogP contribution in [0.4, 0.5) is 0 Å². The van der Waals surface area contributed by atoms with Gasteiger partial charge in [0.2, 0.25) is 0 Å². The van der Waals surface area contributed by atoms with Crippen LogP contribution < -0.4 is 5.73 Å². The van der Waals surface area contributed by atoms with Gasteiger partial charge < -0.3 is 5.73 Å². The van der Waals surface area contributed by atoms with Crippen LogP contribution in [0.15, 0.2) is 34.3 Å². The van der Waals surface area contributed by atoms with Crippen molar-refractivity contribution in [3.8, 4) is 0 Å². The highest BCUT2D eigenvalue weighted by Crippen LogP contribution is 2.16. The van der Waals surface area contributed by atoms with Crippen molar-refractivity contribution in [3.63, 3.8) is 0 Å². The van der Waals surface area contributed by atoms with Crippen LogP contribution in [0.2, 0.25) is 0 Å². The molecule has 0 saturated carbocycles.